The molecule has 1 aliphatic carbocycles. The molecule has 1 aromatic heterocycles. The molecule has 1 nitrogen and oxygen atoms in total. The minimum absolute atomic E-state index is 0.153. The fourth-order valence-corrected chi connectivity index (χ4v) is 3.92. The first-order valence-electron chi connectivity index (χ1n) is 6.43. The van der Waals surface area contributed by atoms with Gasteiger partial charge in [0.05, 0.1) is 0 Å². The maximum absolute atomic E-state index is 12.8. The first-order chi connectivity index (χ1) is 9.22. The molecule has 0 saturated heterocycles. The summed E-state index contributed by atoms with van der Waals surface area (Å²) in [6, 6.07) is 9.60. The van der Waals surface area contributed by atoms with E-state index in [1.165, 1.54) is 14.9 Å². The molecule has 0 unspecified atom stereocenters. The van der Waals surface area contributed by atoms with Gasteiger partial charge in [-0.3, -0.25) is 0 Å². The van der Waals surface area contributed by atoms with Crippen LogP contribution in [0.5, 0.6) is 0 Å². The van der Waals surface area contributed by atoms with Crippen molar-refractivity contribution in [3.8, 4) is 0 Å². The Morgan fingerprint density at radius 3 is 2.58 bits per heavy atom. The summed E-state index contributed by atoms with van der Waals surface area (Å²) in [4.78, 5) is 1.35. The third kappa shape index (κ3) is 3.07. The van der Waals surface area contributed by atoms with E-state index in [0.29, 0.717) is 12.0 Å². The highest BCUT2D eigenvalue weighted by atomic mass is 79.9. The zero-order chi connectivity index (χ0) is 13.2. The molecular weight excluding hydrogens is 325 g/mol. The largest absolute Gasteiger partial charge is 0.309 e. The molecule has 0 amide bonds. The van der Waals surface area contributed by atoms with Crippen LogP contribution >= 0.6 is 27.3 Å². The number of hydrogen-bond acceptors (Lipinski definition) is 2. The fourth-order valence-electron chi connectivity index (χ4n) is 2.48. The summed E-state index contributed by atoms with van der Waals surface area (Å²) in [5, 5.41) is 5.68. The van der Waals surface area contributed by atoms with Crippen LogP contribution in [-0.2, 0) is 6.54 Å². The Morgan fingerprint density at radius 1 is 1.21 bits per heavy atom. The average molecular weight is 340 g/mol. The van der Waals surface area contributed by atoms with Crippen LogP contribution in [0.4, 0.5) is 4.39 Å². The number of benzene rings is 1. The van der Waals surface area contributed by atoms with Gasteiger partial charge >= 0.3 is 0 Å². The van der Waals surface area contributed by atoms with E-state index in [0.717, 1.165) is 19.4 Å². The van der Waals surface area contributed by atoms with E-state index in [1.54, 1.807) is 23.5 Å². The third-order valence-electron chi connectivity index (χ3n) is 3.72. The quantitative estimate of drug-likeness (QED) is 0.852. The molecule has 4 heteroatoms. The molecule has 0 aliphatic heterocycles. The standard InChI is InChI=1S/C15H15BrFNS/c16-14-5-6-19-15(14)9-18-13-7-11(8-13)10-1-3-12(17)4-2-10/h1-6,11,13,18H,7-9H2. The van der Waals surface area contributed by atoms with Crippen molar-refractivity contribution in [2.75, 3.05) is 0 Å². The van der Waals surface area contributed by atoms with Crippen LogP contribution < -0.4 is 5.32 Å². The molecule has 1 aromatic carbocycles. The Labute approximate surface area is 125 Å². The summed E-state index contributed by atoms with van der Waals surface area (Å²) in [5.74, 6) is 0.435. The highest BCUT2D eigenvalue weighted by Gasteiger charge is 2.29. The predicted octanol–water partition coefficient (Wildman–Crippen LogP) is 4.69. The number of nitrogens with one attached hydrogen (secondary N) is 1. The third-order valence-corrected chi connectivity index (χ3v) is 5.65. The topological polar surface area (TPSA) is 12.0 Å². The summed E-state index contributed by atoms with van der Waals surface area (Å²) in [6.07, 6.45) is 2.29. The minimum atomic E-state index is -0.153. The van der Waals surface area contributed by atoms with Gasteiger partial charge in [-0.15, -0.1) is 11.3 Å². The first kappa shape index (κ1) is 13.3. The van der Waals surface area contributed by atoms with Gasteiger partial charge in [0.25, 0.3) is 0 Å². The van der Waals surface area contributed by atoms with Crippen LogP contribution in [0.25, 0.3) is 0 Å². The summed E-state index contributed by atoms with van der Waals surface area (Å²) in [5.41, 5.74) is 1.26. The summed E-state index contributed by atoms with van der Waals surface area (Å²) in [7, 11) is 0. The zero-order valence-electron chi connectivity index (χ0n) is 10.4. The Hall–Kier alpha value is -0.710. The monoisotopic (exact) mass is 339 g/mol. The minimum Gasteiger partial charge on any atom is -0.309 e. The summed E-state index contributed by atoms with van der Waals surface area (Å²) >= 11 is 5.32. The Morgan fingerprint density at radius 2 is 1.95 bits per heavy atom. The van der Waals surface area contributed by atoms with Crippen molar-refractivity contribution in [2.24, 2.45) is 0 Å². The van der Waals surface area contributed by atoms with Gasteiger partial charge in [-0.1, -0.05) is 12.1 Å². The van der Waals surface area contributed by atoms with Crippen LogP contribution in [-0.4, -0.2) is 6.04 Å². The van der Waals surface area contributed by atoms with E-state index < -0.39 is 0 Å². The van der Waals surface area contributed by atoms with Gasteiger partial charge < -0.3 is 5.32 Å². The summed E-state index contributed by atoms with van der Waals surface area (Å²) < 4.78 is 14.0. The maximum Gasteiger partial charge on any atom is 0.123 e. The first-order valence-corrected chi connectivity index (χ1v) is 8.10. The Kier molecular flexibility index (Phi) is 4.01. The Balaban J connectivity index is 1.48. The molecule has 1 fully saturated rings. The zero-order valence-corrected chi connectivity index (χ0v) is 12.8. The molecule has 2 aromatic rings. The molecule has 1 aliphatic rings. The normalized spacial score (nSPS) is 22.2. The van der Waals surface area contributed by atoms with Crippen LogP contribution in [0.1, 0.15) is 29.2 Å². The van der Waals surface area contributed by atoms with Crippen molar-refractivity contribution in [1.29, 1.82) is 0 Å². The smallest absolute Gasteiger partial charge is 0.123 e. The molecule has 0 atom stereocenters. The molecule has 1 heterocycles. The lowest BCUT2D eigenvalue weighted by molar-refractivity contribution is 0.290. The molecule has 0 bridgehead atoms. The van der Waals surface area contributed by atoms with Crippen molar-refractivity contribution >= 4 is 27.3 Å². The maximum atomic E-state index is 12.8. The van der Waals surface area contributed by atoms with Crippen LogP contribution in [0.15, 0.2) is 40.2 Å². The Bertz CT molecular complexity index is 546. The molecule has 0 spiro atoms. The number of rotatable bonds is 4. The second kappa shape index (κ2) is 5.73. The molecule has 1 N–H and O–H groups in total. The van der Waals surface area contributed by atoms with Gasteiger partial charge in [0, 0.05) is 21.9 Å². The van der Waals surface area contributed by atoms with Gasteiger partial charge in [0.1, 0.15) is 5.82 Å². The molecule has 0 radical (unpaired) electrons. The SMILES string of the molecule is Fc1ccc(C2CC(NCc3sccc3Br)C2)cc1. The average Bonchev–Trinajstić information content (AvgIpc) is 2.75. The van der Waals surface area contributed by atoms with Gasteiger partial charge in [-0.25, -0.2) is 4.39 Å². The number of hydrogen-bond donors (Lipinski definition) is 1. The lowest BCUT2D eigenvalue weighted by Gasteiger charge is -2.36. The fraction of sp³-hybridized carbons (Fsp3) is 0.333. The molecule has 19 heavy (non-hydrogen) atoms. The number of halogens is 2. The second-order valence-corrected chi connectivity index (χ2v) is 6.84. The number of thiophene rings is 1. The van der Waals surface area contributed by atoms with E-state index in [1.807, 2.05) is 12.1 Å². The predicted molar refractivity (Wildman–Crippen MR) is 81.0 cm³/mol. The lowest BCUT2D eigenvalue weighted by atomic mass is 9.76. The van der Waals surface area contributed by atoms with Gasteiger partial charge in [-0.05, 0) is 63.8 Å². The van der Waals surface area contributed by atoms with E-state index in [2.05, 4.69) is 32.7 Å². The van der Waals surface area contributed by atoms with E-state index in [-0.39, 0.29) is 5.82 Å². The van der Waals surface area contributed by atoms with Crippen molar-refractivity contribution in [3.63, 3.8) is 0 Å². The lowest BCUT2D eigenvalue weighted by Crippen LogP contribution is -2.39. The molecule has 100 valence electrons. The van der Waals surface area contributed by atoms with Crippen LogP contribution in [0.3, 0.4) is 0 Å². The van der Waals surface area contributed by atoms with Crippen molar-refractivity contribution < 1.29 is 4.39 Å². The van der Waals surface area contributed by atoms with E-state index in [9.17, 15) is 4.39 Å². The van der Waals surface area contributed by atoms with Crippen LogP contribution in [0.2, 0.25) is 0 Å². The molecule has 3 rings (SSSR count). The summed E-state index contributed by atoms with van der Waals surface area (Å²) in [6.45, 7) is 0.930. The molecular formula is C15H15BrFNS. The van der Waals surface area contributed by atoms with E-state index >= 15 is 0 Å². The van der Waals surface area contributed by atoms with Crippen molar-refractivity contribution in [3.05, 3.63) is 56.4 Å². The van der Waals surface area contributed by atoms with Gasteiger partial charge in [0.15, 0.2) is 0 Å². The highest BCUT2D eigenvalue weighted by Crippen LogP contribution is 2.37. The second-order valence-electron chi connectivity index (χ2n) is 4.99. The van der Waals surface area contributed by atoms with Crippen molar-refractivity contribution in [1.82, 2.24) is 5.32 Å². The van der Waals surface area contributed by atoms with Gasteiger partial charge in [-0.2, -0.15) is 0 Å². The van der Waals surface area contributed by atoms with Crippen LogP contribution in [0, 0.1) is 5.82 Å². The van der Waals surface area contributed by atoms with Crippen molar-refractivity contribution in [2.45, 2.75) is 31.3 Å². The van der Waals surface area contributed by atoms with E-state index in [4.69, 9.17) is 0 Å². The van der Waals surface area contributed by atoms with Gasteiger partial charge in [0.2, 0.25) is 0 Å². The molecule has 1 saturated carbocycles. The highest BCUT2D eigenvalue weighted by molar-refractivity contribution is 9.10.